The molecule has 0 aliphatic heterocycles. The highest BCUT2D eigenvalue weighted by Crippen LogP contribution is 2.13. The maximum atomic E-state index is 11.7. The summed E-state index contributed by atoms with van der Waals surface area (Å²) >= 11 is 0. The maximum absolute atomic E-state index is 11.7. The first-order chi connectivity index (χ1) is 9.17. The van der Waals surface area contributed by atoms with Crippen LogP contribution in [0.4, 0.5) is 0 Å². The third-order valence-electron chi connectivity index (χ3n) is 2.80. The van der Waals surface area contributed by atoms with Crippen LogP contribution >= 0.6 is 0 Å². The predicted octanol–water partition coefficient (Wildman–Crippen LogP) is 0.486. The number of carbonyl (C=O) groups excluding carboxylic acids is 1. The summed E-state index contributed by atoms with van der Waals surface area (Å²) in [6.07, 6.45) is 3.61. The van der Waals surface area contributed by atoms with Crippen LogP contribution in [0.1, 0.15) is 17.7 Å². The van der Waals surface area contributed by atoms with E-state index in [2.05, 4.69) is 18.2 Å². The number of hydrogen-bond acceptors (Lipinski definition) is 4. The third-order valence-corrected chi connectivity index (χ3v) is 2.80. The minimum Gasteiger partial charge on any atom is -0.427 e. The number of carbonyl (C=O) groups is 1. The van der Waals surface area contributed by atoms with E-state index in [0.29, 0.717) is 18.6 Å². The SMILES string of the molecule is BCc1ccc(OC(=O)CCc2cn(C)nn2)cc1. The van der Waals surface area contributed by atoms with E-state index in [-0.39, 0.29) is 5.97 Å². The van der Waals surface area contributed by atoms with Crippen LogP contribution in [0.2, 0.25) is 0 Å². The van der Waals surface area contributed by atoms with Crippen molar-refractivity contribution >= 4 is 13.8 Å². The molecule has 0 N–H and O–H groups in total. The Morgan fingerprint density at radius 2 is 2.11 bits per heavy atom. The van der Waals surface area contributed by atoms with E-state index < -0.39 is 0 Å². The van der Waals surface area contributed by atoms with E-state index in [0.717, 1.165) is 12.0 Å². The van der Waals surface area contributed by atoms with Crippen molar-refractivity contribution in [1.29, 1.82) is 0 Å². The second-order valence-corrected chi connectivity index (χ2v) is 4.36. The number of nitrogens with zero attached hydrogens (tertiary/aromatic N) is 3. The zero-order valence-electron chi connectivity index (χ0n) is 11.2. The summed E-state index contributed by atoms with van der Waals surface area (Å²) in [6.45, 7) is 0. The molecule has 0 unspecified atom stereocenters. The van der Waals surface area contributed by atoms with Crippen molar-refractivity contribution in [1.82, 2.24) is 15.0 Å². The lowest BCUT2D eigenvalue weighted by Crippen LogP contribution is -2.09. The van der Waals surface area contributed by atoms with Crippen molar-refractivity contribution in [3.63, 3.8) is 0 Å². The molecule has 2 rings (SSSR count). The van der Waals surface area contributed by atoms with Gasteiger partial charge in [-0.15, -0.1) is 5.10 Å². The lowest BCUT2D eigenvalue weighted by Gasteiger charge is -2.04. The standard InChI is InChI=1S/C13H16BN3O2/c1-17-9-11(15-16-17)4-7-13(18)19-12-5-2-10(8-14)3-6-12/h2-3,5-6,9H,4,7-8,14H2,1H3. The summed E-state index contributed by atoms with van der Waals surface area (Å²) in [6, 6.07) is 7.56. The van der Waals surface area contributed by atoms with Gasteiger partial charge in [-0.3, -0.25) is 9.48 Å². The van der Waals surface area contributed by atoms with Crippen LogP contribution in [-0.2, 0) is 24.6 Å². The van der Waals surface area contributed by atoms with Gasteiger partial charge in [-0.1, -0.05) is 29.2 Å². The fourth-order valence-electron chi connectivity index (χ4n) is 1.72. The zero-order valence-corrected chi connectivity index (χ0v) is 11.2. The highest BCUT2D eigenvalue weighted by atomic mass is 16.5. The van der Waals surface area contributed by atoms with Crippen LogP contribution in [0.5, 0.6) is 5.75 Å². The van der Waals surface area contributed by atoms with Gasteiger partial charge in [0.05, 0.1) is 12.1 Å². The van der Waals surface area contributed by atoms with E-state index in [1.807, 2.05) is 24.3 Å². The minimum atomic E-state index is -0.255. The van der Waals surface area contributed by atoms with Crippen LogP contribution in [0.3, 0.4) is 0 Å². The number of hydrogen-bond donors (Lipinski definition) is 0. The number of benzene rings is 1. The molecule has 1 aromatic carbocycles. The summed E-state index contributed by atoms with van der Waals surface area (Å²) in [7, 11) is 3.88. The first kappa shape index (κ1) is 13.3. The molecule has 0 aliphatic carbocycles. The van der Waals surface area contributed by atoms with Gasteiger partial charge in [0.1, 0.15) is 13.6 Å². The lowest BCUT2D eigenvalue weighted by atomic mass is 9.97. The molecule has 0 amide bonds. The maximum Gasteiger partial charge on any atom is 0.311 e. The molecule has 19 heavy (non-hydrogen) atoms. The van der Waals surface area contributed by atoms with E-state index in [9.17, 15) is 4.79 Å². The molecule has 1 aromatic heterocycles. The predicted molar refractivity (Wildman–Crippen MR) is 73.6 cm³/mol. The molecule has 0 spiro atoms. The monoisotopic (exact) mass is 257 g/mol. The Morgan fingerprint density at radius 3 is 2.68 bits per heavy atom. The molecule has 98 valence electrons. The van der Waals surface area contributed by atoms with Crippen molar-refractivity contribution in [3.05, 3.63) is 41.7 Å². The Morgan fingerprint density at radius 1 is 1.37 bits per heavy atom. The van der Waals surface area contributed by atoms with Gasteiger partial charge in [-0.25, -0.2) is 0 Å². The molecule has 0 saturated heterocycles. The molecule has 2 aromatic rings. The van der Waals surface area contributed by atoms with E-state index in [1.54, 1.807) is 17.9 Å². The van der Waals surface area contributed by atoms with E-state index in [1.165, 1.54) is 5.56 Å². The van der Waals surface area contributed by atoms with Gasteiger partial charge in [-0.2, -0.15) is 0 Å². The molecule has 0 fully saturated rings. The average molecular weight is 257 g/mol. The minimum absolute atomic E-state index is 0.255. The van der Waals surface area contributed by atoms with Crippen LogP contribution < -0.4 is 4.74 Å². The summed E-state index contributed by atoms with van der Waals surface area (Å²) in [4.78, 5) is 11.7. The second-order valence-electron chi connectivity index (χ2n) is 4.36. The van der Waals surface area contributed by atoms with Gasteiger partial charge in [0.2, 0.25) is 0 Å². The fourth-order valence-corrected chi connectivity index (χ4v) is 1.72. The summed E-state index contributed by atoms with van der Waals surface area (Å²) < 4.78 is 6.86. The van der Waals surface area contributed by atoms with Gasteiger partial charge in [0.15, 0.2) is 0 Å². The average Bonchev–Trinajstić information content (AvgIpc) is 2.83. The number of ether oxygens (including phenoxy) is 1. The Balaban J connectivity index is 1.83. The summed E-state index contributed by atoms with van der Waals surface area (Å²) in [5.41, 5.74) is 2.01. The van der Waals surface area contributed by atoms with Crippen molar-refractivity contribution in [3.8, 4) is 5.75 Å². The molecular weight excluding hydrogens is 241 g/mol. The van der Waals surface area contributed by atoms with Crippen molar-refractivity contribution in [2.45, 2.75) is 19.2 Å². The number of rotatable bonds is 5. The van der Waals surface area contributed by atoms with E-state index >= 15 is 0 Å². The normalized spacial score (nSPS) is 10.4. The number of esters is 1. The number of aryl methyl sites for hydroxylation is 2. The Hall–Kier alpha value is -2.11. The highest BCUT2D eigenvalue weighted by Gasteiger charge is 2.07. The zero-order chi connectivity index (χ0) is 13.7. The van der Waals surface area contributed by atoms with Gasteiger partial charge >= 0.3 is 5.97 Å². The van der Waals surface area contributed by atoms with Crippen LogP contribution in [0, 0.1) is 0 Å². The molecule has 6 heteroatoms. The molecule has 0 atom stereocenters. The van der Waals surface area contributed by atoms with Crippen LogP contribution in [0.25, 0.3) is 0 Å². The first-order valence-electron chi connectivity index (χ1n) is 6.32. The van der Waals surface area contributed by atoms with Crippen LogP contribution in [-0.4, -0.2) is 28.8 Å². The number of aromatic nitrogens is 3. The van der Waals surface area contributed by atoms with Crippen molar-refractivity contribution in [2.75, 3.05) is 0 Å². The largest absolute Gasteiger partial charge is 0.427 e. The first-order valence-corrected chi connectivity index (χ1v) is 6.32. The molecular formula is C13H16BN3O2. The summed E-state index contributed by atoms with van der Waals surface area (Å²) in [5, 5.41) is 7.73. The van der Waals surface area contributed by atoms with Gasteiger partial charge in [0, 0.05) is 19.7 Å². The third kappa shape index (κ3) is 3.94. The van der Waals surface area contributed by atoms with Gasteiger partial charge in [0.25, 0.3) is 0 Å². The fraction of sp³-hybridized carbons (Fsp3) is 0.308. The molecule has 0 bridgehead atoms. The Kier molecular flexibility index (Phi) is 4.33. The van der Waals surface area contributed by atoms with Gasteiger partial charge < -0.3 is 4.74 Å². The molecule has 0 saturated carbocycles. The molecule has 1 heterocycles. The Labute approximate surface area is 113 Å². The quantitative estimate of drug-likeness (QED) is 0.444. The smallest absolute Gasteiger partial charge is 0.311 e. The summed E-state index contributed by atoms with van der Waals surface area (Å²) in [5.74, 6) is 0.330. The molecule has 0 radical (unpaired) electrons. The second kappa shape index (κ2) is 6.18. The van der Waals surface area contributed by atoms with Gasteiger partial charge in [-0.05, 0) is 12.1 Å². The molecule has 5 nitrogen and oxygen atoms in total. The van der Waals surface area contributed by atoms with Crippen molar-refractivity contribution in [2.24, 2.45) is 7.05 Å². The highest BCUT2D eigenvalue weighted by molar-refractivity contribution is 6.08. The Bertz CT molecular complexity index is 551. The van der Waals surface area contributed by atoms with Crippen molar-refractivity contribution < 1.29 is 9.53 Å². The van der Waals surface area contributed by atoms with E-state index in [4.69, 9.17) is 4.74 Å². The lowest BCUT2D eigenvalue weighted by molar-refractivity contribution is -0.134. The molecule has 0 aliphatic rings. The topological polar surface area (TPSA) is 57.0 Å². The van der Waals surface area contributed by atoms with Crippen LogP contribution in [0.15, 0.2) is 30.5 Å².